The van der Waals surface area contributed by atoms with Crippen LogP contribution in [0, 0.1) is 10.1 Å². The van der Waals surface area contributed by atoms with Crippen LogP contribution in [0.2, 0.25) is 0 Å². The molecule has 3 N–H and O–H groups in total. The highest BCUT2D eigenvalue weighted by atomic mass is 16.6. The molecule has 0 amide bonds. The van der Waals surface area contributed by atoms with Crippen molar-refractivity contribution in [2.45, 2.75) is 24.8 Å². The number of nitrogens with one attached hydrogen (secondary N) is 1. The zero-order chi connectivity index (χ0) is 9.47. The number of rotatable bonds is 3. The Morgan fingerprint density at radius 2 is 2.46 bits per heavy atom. The van der Waals surface area contributed by atoms with Gasteiger partial charge < -0.3 is 15.8 Å². The van der Waals surface area contributed by atoms with E-state index in [1.54, 1.807) is 0 Å². The first-order chi connectivity index (χ1) is 6.11. The maximum Gasteiger partial charge on any atom is 0.345 e. The maximum absolute atomic E-state index is 10.5. The number of hydrogen-bond donors (Lipinski definition) is 2. The largest absolute Gasteiger partial charge is 0.358 e. The van der Waals surface area contributed by atoms with Crippen LogP contribution in [0.3, 0.4) is 0 Å². The molecule has 0 atom stereocenters. The second kappa shape index (κ2) is 2.53. The number of nitrogens with two attached hydrogens (primary N) is 1. The molecule has 0 spiro atoms. The Balaban J connectivity index is 2.19. The molecule has 1 fully saturated rings. The Morgan fingerprint density at radius 1 is 1.77 bits per heavy atom. The summed E-state index contributed by atoms with van der Waals surface area (Å²) in [7, 11) is 0. The van der Waals surface area contributed by atoms with E-state index < -0.39 is 4.92 Å². The number of nitro groups is 1. The average molecular weight is 182 g/mol. The van der Waals surface area contributed by atoms with Crippen molar-refractivity contribution in [2.75, 3.05) is 0 Å². The minimum Gasteiger partial charge on any atom is -0.358 e. The van der Waals surface area contributed by atoms with E-state index in [4.69, 9.17) is 5.73 Å². The zero-order valence-electron chi connectivity index (χ0n) is 6.99. The SMILES string of the molecule is NC1(Cc2cn[nH]c2[N+](=O)[O-])CC1. The Kier molecular flexibility index (Phi) is 1.59. The molecule has 0 aliphatic heterocycles. The predicted octanol–water partition coefficient (Wildman–Crippen LogP) is 0.352. The molecule has 1 aromatic rings. The van der Waals surface area contributed by atoms with Crippen LogP contribution in [0.4, 0.5) is 5.82 Å². The number of hydrogen-bond acceptors (Lipinski definition) is 4. The van der Waals surface area contributed by atoms with Crippen molar-refractivity contribution in [3.63, 3.8) is 0 Å². The van der Waals surface area contributed by atoms with Crippen molar-refractivity contribution in [3.8, 4) is 0 Å². The van der Waals surface area contributed by atoms with E-state index in [2.05, 4.69) is 10.2 Å². The molecule has 0 bridgehead atoms. The van der Waals surface area contributed by atoms with Gasteiger partial charge in [-0.25, -0.2) is 0 Å². The fourth-order valence-electron chi connectivity index (χ4n) is 1.31. The van der Waals surface area contributed by atoms with Crippen LogP contribution in [-0.2, 0) is 6.42 Å². The zero-order valence-corrected chi connectivity index (χ0v) is 6.99. The van der Waals surface area contributed by atoms with Crippen LogP contribution in [0.5, 0.6) is 0 Å². The third-order valence-electron chi connectivity index (χ3n) is 2.31. The van der Waals surface area contributed by atoms with Crippen molar-refractivity contribution >= 4 is 5.82 Å². The summed E-state index contributed by atoms with van der Waals surface area (Å²) in [5.74, 6) is -0.0308. The van der Waals surface area contributed by atoms with Crippen molar-refractivity contribution < 1.29 is 4.92 Å². The predicted molar refractivity (Wildman–Crippen MR) is 45.1 cm³/mol. The molecule has 6 heteroatoms. The minimum absolute atomic E-state index is 0.0308. The number of nitrogens with zero attached hydrogens (tertiary/aromatic N) is 2. The van der Waals surface area contributed by atoms with Crippen molar-refractivity contribution in [2.24, 2.45) is 5.73 Å². The second-order valence-corrected chi connectivity index (χ2v) is 3.54. The molecule has 1 aromatic heterocycles. The highest BCUT2D eigenvalue weighted by Gasteiger charge is 2.40. The van der Waals surface area contributed by atoms with Gasteiger partial charge >= 0.3 is 5.82 Å². The molecule has 0 unspecified atom stereocenters. The molecule has 2 rings (SSSR count). The summed E-state index contributed by atoms with van der Waals surface area (Å²) in [5.41, 5.74) is 6.23. The first kappa shape index (κ1) is 8.18. The van der Waals surface area contributed by atoms with Gasteiger partial charge in [-0.05, 0) is 17.8 Å². The smallest absolute Gasteiger partial charge is 0.345 e. The molecule has 1 saturated carbocycles. The van der Waals surface area contributed by atoms with E-state index in [9.17, 15) is 10.1 Å². The van der Waals surface area contributed by atoms with Gasteiger partial charge in [0.1, 0.15) is 0 Å². The topological polar surface area (TPSA) is 97.8 Å². The maximum atomic E-state index is 10.5. The second-order valence-electron chi connectivity index (χ2n) is 3.54. The third-order valence-corrected chi connectivity index (χ3v) is 2.31. The molecule has 70 valence electrons. The summed E-state index contributed by atoms with van der Waals surface area (Å²) in [4.78, 5) is 10.0. The number of aromatic amines is 1. The van der Waals surface area contributed by atoms with Crippen LogP contribution < -0.4 is 5.73 Å². The standard InChI is InChI=1S/C7H10N4O2/c8-7(1-2-7)3-5-4-9-10-6(5)11(12)13/h4H,1-3,8H2,(H,9,10). The van der Waals surface area contributed by atoms with E-state index >= 15 is 0 Å². The Bertz CT molecular complexity index is 342. The van der Waals surface area contributed by atoms with Gasteiger partial charge in [0.25, 0.3) is 0 Å². The van der Waals surface area contributed by atoms with Crippen LogP contribution >= 0.6 is 0 Å². The van der Waals surface area contributed by atoms with Crippen LogP contribution in [0.1, 0.15) is 18.4 Å². The summed E-state index contributed by atoms with van der Waals surface area (Å²) >= 11 is 0. The first-order valence-electron chi connectivity index (χ1n) is 4.06. The summed E-state index contributed by atoms with van der Waals surface area (Å²) in [6.07, 6.45) is 3.90. The Hall–Kier alpha value is -1.43. The highest BCUT2D eigenvalue weighted by Crippen LogP contribution is 2.36. The normalized spacial score (nSPS) is 18.5. The van der Waals surface area contributed by atoms with E-state index in [1.807, 2.05) is 0 Å². The molecule has 0 saturated heterocycles. The lowest BCUT2D eigenvalue weighted by molar-refractivity contribution is -0.390. The van der Waals surface area contributed by atoms with Gasteiger partial charge in [-0.15, -0.1) is 5.10 Å². The summed E-state index contributed by atoms with van der Waals surface area (Å²) in [6.45, 7) is 0. The fraction of sp³-hybridized carbons (Fsp3) is 0.571. The first-order valence-corrected chi connectivity index (χ1v) is 4.06. The van der Waals surface area contributed by atoms with Gasteiger partial charge in [0.2, 0.25) is 0 Å². The van der Waals surface area contributed by atoms with Crippen LogP contribution in [-0.4, -0.2) is 20.7 Å². The molecule has 1 heterocycles. The number of H-pyrrole nitrogens is 1. The van der Waals surface area contributed by atoms with E-state index in [-0.39, 0.29) is 11.4 Å². The summed E-state index contributed by atoms with van der Waals surface area (Å²) in [5, 5.41) is 16.5. The van der Waals surface area contributed by atoms with E-state index in [0.29, 0.717) is 12.0 Å². The Labute approximate surface area is 74.3 Å². The van der Waals surface area contributed by atoms with Crippen molar-refractivity contribution in [1.82, 2.24) is 10.2 Å². The van der Waals surface area contributed by atoms with Crippen LogP contribution in [0.15, 0.2) is 6.20 Å². The lowest BCUT2D eigenvalue weighted by atomic mass is 10.1. The molecule has 13 heavy (non-hydrogen) atoms. The van der Waals surface area contributed by atoms with Crippen molar-refractivity contribution in [3.05, 3.63) is 21.9 Å². The molecule has 0 radical (unpaired) electrons. The quantitative estimate of drug-likeness (QED) is 0.520. The average Bonchev–Trinajstić information content (AvgIpc) is 2.63. The molecule has 1 aliphatic carbocycles. The summed E-state index contributed by atoms with van der Waals surface area (Å²) in [6, 6.07) is 0. The van der Waals surface area contributed by atoms with E-state index in [0.717, 1.165) is 12.8 Å². The minimum atomic E-state index is -0.464. The molecular weight excluding hydrogens is 172 g/mol. The van der Waals surface area contributed by atoms with Gasteiger partial charge in [-0.1, -0.05) is 5.10 Å². The molecular formula is C7H10N4O2. The van der Waals surface area contributed by atoms with Gasteiger partial charge in [-0.2, -0.15) is 0 Å². The monoisotopic (exact) mass is 182 g/mol. The fourth-order valence-corrected chi connectivity index (χ4v) is 1.31. The van der Waals surface area contributed by atoms with Crippen LogP contribution in [0.25, 0.3) is 0 Å². The summed E-state index contributed by atoms with van der Waals surface area (Å²) < 4.78 is 0. The molecule has 1 aliphatic rings. The molecule has 0 aromatic carbocycles. The third kappa shape index (κ3) is 1.52. The van der Waals surface area contributed by atoms with E-state index in [1.165, 1.54) is 6.20 Å². The lowest BCUT2D eigenvalue weighted by Gasteiger charge is -2.04. The number of aromatic nitrogens is 2. The highest BCUT2D eigenvalue weighted by molar-refractivity contribution is 5.32. The van der Waals surface area contributed by atoms with Gasteiger partial charge in [0, 0.05) is 12.0 Å². The van der Waals surface area contributed by atoms with Gasteiger partial charge in [0.05, 0.1) is 11.8 Å². The van der Waals surface area contributed by atoms with Crippen molar-refractivity contribution in [1.29, 1.82) is 0 Å². The van der Waals surface area contributed by atoms with Gasteiger partial charge in [0.15, 0.2) is 0 Å². The Morgan fingerprint density at radius 3 is 3.00 bits per heavy atom. The lowest BCUT2D eigenvalue weighted by Crippen LogP contribution is -2.24. The van der Waals surface area contributed by atoms with Gasteiger partial charge in [-0.3, -0.25) is 0 Å². The molecule has 6 nitrogen and oxygen atoms in total.